The Bertz CT molecular complexity index is 473. The number of nitrogens with two attached hydrogens (primary N) is 1. The van der Waals surface area contributed by atoms with Gasteiger partial charge in [0.15, 0.2) is 0 Å². The van der Waals surface area contributed by atoms with Crippen molar-refractivity contribution in [1.82, 2.24) is 19.9 Å². The summed E-state index contributed by atoms with van der Waals surface area (Å²) < 4.78 is 6.93. The van der Waals surface area contributed by atoms with Gasteiger partial charge in [0, 0.05) is 25.7 Å². The molecule has 6 nitrogen and oxygen atoms in total. The maximum atomic E-state index is 5.42. The fourth-order valence-electron chi connectivity index (χ4n) is 1.49. The number of hydrogen-bond acceptors (Lipinski definition) is 5. The van der Waals surface area contributed by atoms with E-state index in [2.05, 4.69) is 15.2 Å². The van der Waals surface area contributed by atoms with Crippen LogP contribution in [0.3, 0.4) is 0 Å². The van der Waals surface area contributed by atoms with E-state index < -0.39 is 0 Å². The molecule has 0 aliphatic rings. The lowest BCUT2D eigenvalue weighted by Crippen LogP contribution is -2.02. The Hall–Kier alpha value is -1.69. The number of nitrogens with zero attached hydrogens (tertiary/aromatic N) is 4. The number of rotatable bonds is 4. The molecule has 16 heavy (non-hydrogen) atoms. The van der Waals surface area contributed by atoms with Crippen LogP contribution in [0.5, 0.6) is 0 Å². The lowest BCUT2D eigenvalue weighted by atomic mass is 10.2. The van der Waals surface area contributed by atoms with Crippen LogP contribution in [0, 0.1) is 6.92 Å². The van der Waals surface area contributed by atoms with Crippen molar-refractivity contribution in [2.45, 2.75) is 26.8 Å². The molecule has 0 fully saturated rings. The van der Waals surface area contributed by atoms with Crippen molar-refractivity contribution in [1.29, 1.82) is 0 Å². The van der Waals surface area contributed by atoms with E-state index in [9.17, 15) is 0 Å². The molecule has 6 heteroatoms. The van der Waals surface area contributed by atoms with Crippen LogP contribution in [-0.2, 0) is 13.0 Å². The Morgan fingerprint density at radius 2 is 2.31 bits per heavy atom. The number of hydrogen-bond donors (Lipinski definition) is 1. The van der Waals surface area contributed by atoms with Gasteiger partial charge in [-0.1, -0.05) is 5.16 Å². The molecule has 0 aliphatic heterocycles. The first-order chi connectivity index (χ1) is 7.74. The van der Waals surface area contributed by atoms with Crippen LogP contribution in [-0.4, -0.2) is 26.5 Å². The molecule has 0 saturated carbocycles. The van der Waals surface area contributed by atoms with Crippen LogP contribution in [0.4, 0.5) is 0 Å². The molecule has 0 amide bonds. The fourth-order valence-corrected chi connectivity index (χ4v) is 1.49. The monoisotopic (exact) mass is 221 g/mol. The van der Waals surface area contributed by atoms with Crippen molar-refractivity contribution >= 4 is 0 Å². The summed E-state index contributed by atoms with van der Waals surface area (Å²) in [7, 11) is 0. The third-order valence-corrected chi connectivity index (χ3v) is 2.34. The summed E-state index contributed by atoms with van der Waals surface area (Å²) in [4.78, 5) is 4.27. The number of aromatic nitrogens is 4. The van der Waals surface area contributed by atoms with Crippen molar-refractivity contribution in [3.05, 3.63) is 17.8 Å². The van der Waals surface area contributed by atoms with Crippen LogP contribution in [0.15, 0.2) is 10.7 Å². The zero-order valence-electron chi connectivity index (χ0n) is 9.47. The smallest absolute Gasteiger partial charge is 0.228 e. The van der Waals surface area contributed by atoms with Gasteiger partial charge >= 0.3 is 0 Å². The quantitative estimate of drug-likeness (QED) is 0.824. The highest BCUT2D eigenvalue weighted by molar-refractivity contribution is 5.55. The van der Waals surface area contributed by atoms with Crippen LogP contribution in [0.2, 0.25) is 0 Å². The highest BCUT2D eigenvalue weighted by atomic mass is 16.5. The van der Waals surface area contributed by atoms with Crippen LogP contribution < -0.4 is 5.73 Å². The van der Waals surface area contributed by atoms with Crippen molar-refractivity contribution in [2.75, 3.05) is 6.54 Å². The molecule has 2 aromatic rings. The normalized spacial score (nSPS) is 10.9. The van der Waals surface area contributed by atoms with Crippen molar-refractivity contribution in [3.63, 3.8) is 0 Å². The second-order valence-electron chi connectivity index (χ2n) is 3.53. The van der Waals surface area contributed by atoms with Gasteiger partial charge in [-0.3, -0.25) is 4.68 Å². The molecule has 0 atom stereocenters. The topological polar surface area (TPSA) is 82.8 Å². The van der Waals surface area contributed by atoms with E-state index in [0.29, 0.717) is 24.7 Å². The van der Waals surface area contributed by atoms with Crippen molar-refractivity contribution < 1.29 is 4.52 Å². The van der Waals surface area contributed by atoms with E-state index >= 15 is 0 Å². The molecule has 0 bridgehead atoms. The minimum Gasteiger partial charge on any atom is -0.339 e. The van der Waals surface area contributed by atoms with Gasteiger partial charge in [0.2, 0.25) is 11.7 Å². The lowest BCUT2D eigenvalue weighted by molar-refractivity contribution is 0.380. The van der Waals surface area contributed by atoms with E-state index in [1.807, 2.05) is 24.7 Å². The summed E-state index contributed by atoms with van der Waals surface area (Å²) in [6.07, 6.45) is 2.53. The van der Waals surface area contributed by atoms with Crippen molar-refractivity contribution in [2.24, 2.45) is 5.73 Å². The summed E-state index contributed by atoms with van der Waals surface area (Å²) in [6, 6.07) is 0. The molecule has 2 N–H and O–H groups in total. The van der Waals surface area contributed by atoms with E-state index in [1.54, 1.807) is 0 Å². The Morgan fingerprint density at radius 3 is 2.94 bits per heavy atom. The summed E-state index contributed by atoms with van der Waals surface area (Å²) in [5.41, 5.74) is 7.24. The van der Waals surface area contributed by atoms with E-state index in [-0.39, 0.29) is 0 Å². The van der Waals surface area contributed by atoms with E-state index in [0.717, 1.165) is 17.8 Å². The zero-order chi connectivity index (χ0) is 11.5. The minimum absolute atomic E-state index is 0.509. The lowest BCUT2D eigenvalue weighted by Gasteiger charge is -1.89. The first-order valence-electron chi connectivity index (χ1n) is 5.31. The largest absolute Gasteiger partial charge is 0.339 e. The maximum Gasteiger partial charge on any atom is 0.228 e. The Labute approximate surface area is 93.4 Å². The highest BCUT2D eigenvalue weighted by Crippen LogP contribution is 2.19. The molecule has 2 rings (SSSR count). The molecule has 0 saturated heterocycles. The third-order valence-electron chi connectivity index (χ3n) is 2.34. The fraction of sp³-hybridized carbons (Fsp3) is 0.500. The zero-order valence-corrected chi connectivity index (χ0v) is 9.47. The molecule has 2 aromatic heterocycles. The Balaban J connectivity index is 2.30. The average molecular weight is 221 g/mol. The average Bonchev–Trinajstić information content (AvgIpc) is 2.85. The standard InChI is InChI=1S/C10H15N5O/c1-3-15-6-8(7(2)13-15)10-12-9(4-5-11)16-14-10/h6H,3-5,11H2,1-2H3. The minimum atomic E-state index is 0.509. The SMILES string of the molecule is CCn1cc(-c2noc(CCN)n2)c(C)n1. The first-order valence-corrected chi connectivity index (χ1v) is 5.31. The first kappa shape index (κ1) is 10.8. The molecule has 0 aromatic carbocycles. The molecular formula is C10H15N5O. The summed E-state index contributed by atoms with van der Waals surface area (Å²) in [5, 5.41) is 8.25. The van der Waals surface area contributed by atoms with Gasteiger partial charge < -0.3 is 10.3 Å². The Morgan fingerprint density at radius 1 is 1.50 bits per heavy atom. The van der Waals surface area contributed by atoms with Crippen LogP contribution >= 0.6 is 0 Å². The molecular weight excluding hydrogens is 206 g/mol. The molecule has 0 aliphatic carbocycles. The van der Waals surface area contributed by atoms with E-state index in [4.69, 9.17) is 10.3 Å². The number of aryl methyl sites for hydroxylation is 2. The third kappa shape index (κ3) is 1.96. The molecule has 0 spiro atoms. The summed E-state index contributed by atoms with van der Waals surface area (Å²) >= 11 is 0. The predicted octanol–water partition coefficient (Wildman–Crippen LogP) is 0.763. The predicted molar refractivity (Wildman–Crippen MR) is 58.7 cm³/mol. The maximum absolute atomic E-state index is 5.42. The van der Waals surface area contributed by atoms with Crippen LogP contribution in [0.1, 0.15) is 18.5 Å². The van der Waals surface area contributed by atoms with Gasteiger partial charge in [-0.05, 0) is 13.8 Å². The van der Waals surface area contributed by atoms with Gasteiger partial charge in [-0.15, -0.1) is 0 Å². The summed E-state index contributed by atoms with van der Waals surface area (Å²) in [6.45, 7) is 5.30. The molecule has 86 valence electrons. The molecule has 2 heterocycles. The highest BCUT2D eigenvalue weighted by Gasteiger charge is 2.13. The van der Waals surface area contributed by atoms with Gasteiger partial charge in [-0.25, -0.2) is 0 Å². The van der Waals surface area contributed by atoms with Crippen LogP contribution in [0.25, 0.3) is 11.4 Å². The summed E-state index contributed by atoms with van der Waals surface area (Å²) in [5.74, 6) is 1.15. The molecule has 0 radical (unpaired) electrons. The van der Waals surface area contributed by atoms with E-state index in [1.165, 1.54) is 0 Å². The van der Waals surface area contributed by atoms with Gasteiger partial charge in [0.25, 0.3) is 0 Å². The van der Waals surface area contributed by atoms with Gasteiger partial charge in [0.05, 0.1) is 11.3 Å². The second kappa shape index (κ2) is 4.44. The molecule has 0 unspecified atom stereocenters. The Kier molecular flexibility index (Phi) is 3.00. The van der Waals surface area contributed by atoms with Gasteiger partial charge in [-0.2, -0.15) is 10.1 Å². The van der Waals surface area contributed by atoms with Gasteiger partial charge in [0.1, 0.15) is 0 Å². The second-order valence-corrected chi connectivity index (χ2v) is 3.53. The van der Waals surface area contributed by atoms with Crippen molar-refractivity contribution in [3.8, 4) is 11.4 Å².